The zero-order valence-electron chi connectivity index (χ0n) is 20.0. The van der Waals surface area contributed by atoms with E-state index in [1.807, 2.05) is 18.7 Å². The maximum absolute atomic E-state index is 12.7. The fraction of sp³-hybridized carbons (Fsp3) is 0.769. The lowest BCUT2D eigenvalue weighted by atomic mass is 9.95. The number of likely N-dealkylation sites (tertiary alicyclic amines) is 1. The third-order valence-corrected chi connectivity index (χ3v) is 7.89. The Morgan fingerprint density at radius 3 is 2.28 bits per heavy atom. The van der Waals surface area contributed by atoms with E-state index in [-0.39, 0.29) is 11.8 Å². The monoisotopic (exact) mass is 440 g/mol. The summed E-state index contributed by atoms with van der Waals surface area (Å²) in [5, 5.41) is 3.20. The number of aryl methyl sites for hydroxylation is 2. The Morgan fingerprint density at radius 1 is 0.938 bits per heavy atom. The van der Waals surface area contributed by atoms with Gasteiger partial charge in [-0.3, -0.25) is 9.59 Å². The molecule has 1 saturated heterocycles. The van der Waals surface area contributed by atoms with Crippen LogP contribution in [0.15, 0.2) is 0 Å². The predicted molar refractivity (Wildman–Crippen MR) is 125 cm³/mol. The summed E-state index contributed by atoms with van der Waals surface area (Å²) in [6.45, 7) is 5.51. The van der Waals surface area contributed by atoms with E-state index in [1.165, 1.54) is 44.9 Å². The van der Waals surface area contributed by atoms with E-state index in [4.69, 9.17) is 9.97 Å². The summed E-state index contributed by atoms with van der Waals surface area (Å²) in [6.07, 6.45) is 14.2. The Kier molecular flexibility index (Phi) is 7.80. The molecule has 3 aliphatic rings. The van der Waals surface area contributed by atoms with E-state index in [0.29, 0.717) is 24.8 Å². The first kappa shape index (κ1) is 23.2. The highest BCUT2D eigenvalue weighted by atomic mass is 16.2. The third kappa shape index (κ3) is 5.87. The molecule has 6 heteroatoms. The second-order valence-corrected chi connectivity index (χ2v) is 10.3. The Balaban J connectivity index is 1.31. The van der Waals surface area contributed by atoms with Crippen LogP contribution in [0.5, 0.6) is 0 Å². The van der Waals surface area contributed by atoms with Gasteiger partial charge < -0.3 is 10.2 Å². The second-order valence-electron chi connectivity index (χ2n) is 10.3. The minimum absolute atomic E-state index is 0.0827. The quantitative estimate of drug-likeness (QED) is 0.683. The van der Waals surface area contributed by atoms with Gasteiger partial charge >= 0.3 is 0 Å². The fourth-order valence-corrected chi connectivity index (χ4v) is 5.87. The van der Waals surface area contributed by atoms with E-state index in [1.54, 1.807) is 0 Å². The molecule has 4 rings (SSSR count). The van der Waals surface area contributed by atoms with Gasteiger partial charge in [-0.05, 0) is 45.4 Å². The molecule has 2 aliphatic carbocycles. The van der Waals surface area contributed by atoms with Gasteiger partial charge in [0.25, 0.3) is 0 Å². The van der Waals surface area contributed by atoms with Gasteiger partial charge in [-0.1, -0.05) is 44.9 Å². The maximum atomic E-state index is 12.7. The minimum atomic E-state index is 0.0827. The first-order valence-corrected chi connectivity index (χ1v) is 12.9. The number of rotatable bonds is 7. The van der Waals surface area contributed by atoms with E-state index < -0.39 is 0 Å². The average molecular weight is 441 g/mol. The summed E-state index contributed by atoms with van der Waals surface area (Å²) in [5.41, 5.74) is 2.75. The van der Waals surface area contributed by atoms with Crippen LogP contribution >= 0.6 is 0 Å². The van der Waals surface area contributed by atoms with Crippen LogP contribution in [0.1, 0.15) is 106 Å². The van der Waals surface area contributed by atoms with Crippen LogP contribution in [-0.4, -0.2) is 45.8 Å². The summed E-state index contributed by atoms with van der Waals surface area (Å²) in [7, 11) is 0. The number of nitrogens with one attached hydrogen (secondary N) is 1. The number of carbonyl (C=O) groups is 2. The summed E-state index contributed by atoms with van der Waals surface area (Å²) in [6, 6.07) is 0.327. The fourth-order valence-electron chi connectivity index (χ4n) is 5.87. The number of aromatic nitrogens is 2. The molecule has 0 unspecified atom stereocenters. The van der Waals surface area contributed by atoms with Crippen LogP contribution in [0.25, 0.3) is 0 Å². The van der Waals surface area contributed by atoms with Gasteiger partial charge in [0.1, 0.15) is 5.82 Å². The molecule has 1 atom stereocenters. The van der Waals surface area contributed by atoms with Crippen molar-refractivity contribution in [1.82, 2.24) is 20.2 Å². The normalized spacial score (nSPS) is 22.4. The molecule has 1 N–H and O–H groups in total. The van der Waals surface area contributed by atoms with Crippen molar-refractivity contribution in [3.05, 3.63) is 22.8 Å². The summed E-state index contributed by atoms with van der Waals surface area (Å²) >= 11 is 0. The molecule has 1 aliphatic heterocycles. The molecule has 32 heavy (non-hydrogen) atoms. The van der Waals surface area contributed by atoms with Crippen LogP contribution in [0, 0.1) is 19.8 Å². The van der Waals surface area contributed by atoms with Crippen LogP contribution in [0.4, 0.5) is 0 Å². The number of amides is 2. The van der Waals surface area contributed by atoms with E-state index >= 15 is 0 Å². The molecule has 2 amide bonds. The molecule has 6 nitrogen and oxygen atoms in total. The van der Waals surface area contributed by atoms with Gasteiger partial charge in [0.2, 0.25) is 11.8 Å². The zero-order valence-corrected chi connectivity index (χ0v) is 20.0. The van der Waals surface area contributed by atoms with E-state index in [9.17, 15) is 9.59 Å². The highest BCUT2D eigenvalue weighted by Gasteiger charge is 2.30. The first-order chi connectivity index (χ1) is 15.5. The Bertz CT molecular complexity index is 789. The van der Waals surface area contributed by atoms with Gasteiger partial charge in [0.15, 0.2) is 0 Å². The van der Waals surface area contributed by atoms with Crippen molar-refractivity contribution in [2.45, 2.75) is 109 Å². The average Bonchev–Trinajstić information content (AvgIpc) is 3.47. The number of hydrogen-bond donors (Lipinski definition) is 1. The van der Waals surface area contributed by atoms with E-state index in [0.717, 1.165) is 67.5 Å². The second kappa shape index (κ2) is 10.8. The van der Waals surface area contributed by atoms with Gasteiger partial charge in [-0.15, -0.1) is 0 Å². The first-order valence-electron chi connectivity index (χ1n) is 12.9. The Morgan fingerprint density at radius 2 is 1.59 bits per heavy atom. The molecule has 0 spiro atoms. The standard InChI is InChI=1S/C26H40N4O2/c1-18-23(16-24(31)29-22-10-4-3-5-11-22)19(2)28-26(27-18)21-14-15-30(17-21)25(32)13-12-20-8-6-7-9-20/h20-22H,3-17H2,1-2H3,(H,29,31)/t21-/m0/s1. The van der Waals surface area contributed by atoms with Gasteiger partial charge in [0, 0.05) is 48.4 Å². The van der Waals surface area contributed by atoms with E-state index in [2.05, 4.69) is 5.32 Å². The molecule has 0 radical (unpaired) electrons. The molecule has 3 fully saturated rings. The van der Waals surface area contributed by atoms with Crippen LogP contribution in [0.2, 0.25) is 0 Å². The summed E-state index contributed by atoms with van der Waals surface area (Å²) in [5.74, 6) is 2.17. The molecule has 0 aromatic carbocycles. The SMILES string of the molecule is Cc1nc([C@H]2CCN(C(=O)CCC3CCCC3)C2)nc(C)c1CC(=O)NC1CCCCC1. The van der Waals surface area contributed by atoms with Gasteiger partial charge in [-0.2, -0.15) is 0 Å². The molecule has 1 aromatic heterocycles. The topological polar surface area (TPSA) is 75.2 Å². The summed E-state index contributed by atoms with van der Waals surface area (Å²) in [4.78, 5) is 36.9. The van der Waals surface area contributed by atoms with Crippen LogP contribution in [-0.2, 0) is 16.0 Å². The summed E-state index contributed by atoms with van der Waals surface area (Å²) < 4.78 is 0. The lowest BCUT2D eigenvalue weighted by Crippen LogP contribution is -2.37. The van der Waals surface area contributed by atoms with Crippen LogP contribution < -0.4 is 5.32 Å². The van der Waals surface area contributed by atoms with Crippen molar-refractivity contribution >= 4 is 11.8 Å². The molecule has 1 aromatic rings. The van der Waals surface area contributed by atoms with Crippen molar-refractivity contribution in [3.8, 4) is 0 Å². The Hall–Kier alpha value is -1.98. The maximum Gasteiger partial charge on any atom is 0.224 e. The molecular weight excluding hydrogens is 400 g/mol. The largest absolute Gasteiger partial charge is 0.353 e. The highest BCUT2D eigenvalue weighted by Crippen LogP contribution is 2.30. The highest BCUT2D eigenvalue weighted by molar-refractivity contribution is 5.79. The third-order valence-electron chi connectivity index (χ3n) is 7.89. The van der Waals surface area contributed by atoms with Crippen LogP contribution in [0.3, 0.4) is 0 Å². The number of nitrogens with zero attached hydrogens (tertiary/aromatic N) is 3. The smallest absolute Gasteiger partial charge is 0.224 e. The van der Waals surface area contributed by atoms with Gasteiger partial charge in [-0.25, -0.2) is 9.97 Å². The van der Waals surface area contributed by atoms with Crippen molar-refractivity contribution < 1.29 is 9.59 Å². The van der Waals surface area contributed by atoms with Crippen molar-refractivity contribution in [2.75, 3.05) is 13.1 Å². The number of carbonyl (C=O) groups excluding carboxylic acids is 2. The zero-order chi connectivity index (χ0) is 22.5. The van der Waals surface area contributed by atoms with Crippen molar-refractivity contribution in [1.29, 1.82) is 0 Å². The molecule has 2 saturated carbocycles. The van der Waals surface area contributed by atoms with Crippen molar-refractivity contribution in [2.24, 2.45) is 5.92 Å². The number of hydrogen-bond acceptors (Lipinski definition) is 4. The minimum Gasteiger partial charge on any atom is -0.353 e. The predicted octanol–water partition coefficient (Wildman–Crippen LogP) is 4.37. The lowest BCUT2D eigenvalue weighted by molar-refractivity contribution is -0.130. The Labute approximate surface area is 193 Å². The molecule has 0 bridgehead atoms. The molecule has 2 heterocycles. The molecule has 176 valence electrons. The lowest BCUT2D eigenvalue weighted by Gasteiger charge is -2.23. The van der Waals surface area contributed by atoms with Gasteiger partial charge in [0.05, 0.1) is 6.42 Å². The molecular formula is C26H40N4O2. The van der Waals surface area contributed by atoms with Crippen molar-refractivity contribution in [3.63, 3.8) is 0 Å².